The van der Waals surface area contributed by atoms with Crippen LogP contribution >= 0.6 is 11.3 Å². The number of thiophene rings is 1. The predicted octanol–water partition coefficient (Wildman–Crippen LogP) is 4.59. The molecule has 30 heavy (non-hydrogen) atoms. The van der Waals surface area contributed by atoms with Crippen LogP contribution in [0.3, 0.4) is 0 Å². The number of allylic oxidation sites excluding steroid dienone is 2. The van der Waals surface area contributed by atoms with E-state index < -0.39 is 17.8 Å². The fraction of sp³-hybridized carbons (Fsp3) is 0.348. The van der Waals surface area contributed by atoms with Gasteiger partial charge in [-0.1, -0.05) is 44.2 Å². The number of nitrogens with one attached hydrogen (secondary N) is 2. The number of carbonyl (C=O) groups excluding carboxylic acids is 2. The molecule has 7 heteroatoms. The molecule has 4 atom stereocenters. The van der Waals surface area contributed by atoms with Crippen LogP contribution in [0.1, 0.15) is 41.4 Å². The second kappa shape index (κ2) is 8.07. The van der Waals surface area contributed by atoms with Crippen molar-refractivity contribution in [3.8, 4) is 0 Å². The third-order valence-corrected chi connectivity index (χ3v) is 7.23. The van der Waals surface area contributed by atoms with Gasteiger partial charge in [0.05, 0.1) is 17.4 Å². The summed E-state index contributed by atoms with van der Waals surface area (Å²) in [6, 6.07) is 10.9. The summed E-state index contributed by atoms with van der Waals surface area (Å²) in [6.07, 6.45) is 4.55. The Labute approximate surface area is 179 Å². The van der Waals surface area contributed by atoms with Crippen molar-refractivity contribution < 1.29 is 19.5 Å². The molecule has 2 aromatic rings. The van der Waals surface area contributed by atoms with E-state index in [9.17, 15) is 19.5 Å². The number of fused-ring (bicyclic) bond motifs is 2. The average molecular weight is 425 g/mol. The molecule has 0 saturated heterocycles. The SMILES string of the molecule is CC(C)c1cc(C(=O)Nc2ccccc2)c(NC(=O)[C@@H]2[C@@H](C(=O)O)[C@H]3C=C[C@@H]2C3)s1. The molecule has 0 unspecified atom stereocenters. The number of benzene rings is 1. The third-order valence-electron chi connectivity index (χ3n) is 5.88. The summed E-state index contributed by atoms with van der Waals surface area (Å²) in [5.74, 6) is -2.88. The van der Waals surface area contributed by atoms with Crippen LogP contribution in [0, 0.1) is 23.7 Å². The largest absolute Gasteiger partial charge is 0.481 e. The summed E-state index contributed by atoms with van der Waals surface area (Å²) in [6.45, 7) is 4.05. The molecule has 2 amide bonds. The molecule has 2 bridgehead atoms. The summed E-state index contributed by atoms with van der Waals surface area (Å²) < 4.78 is 0. The number of carboxylic acids is 1. The minimum Gasteiger partial charge on any atom is -0.481 e. The summed E-state index contributed by atoms with van der Waals surface area (Å²) in [4.78, 5) is 38.7. The highest BCUT2D eigenvalue weighted by molar-refractivity contribution is 7.16. The minimum atomic E-state index is -0.942. The van der Waals surface area contributed by atoms with Crippen molar-refractivity contribution in [2.45, 2.75) is 26.2 Å². The van der Waals surface area contributed by atoms with Crippen LogP contribution < -0.4 is 10.6 Å². The first kappa shape index (κ1) is 20.3. The molecule has 1 fully saturated rings. The molecule has 0 aliphatic heterocycles. The molecular weight excluding hydrogens is 400 g/mol. The minimum absolute atomic E-state index is 0.0674. The average Bonchev–Trinajstić information content (AvgIpc) is 3.42. The topological polar surface area (TPSA) is 95.5 Å². The summed E-state index contributed by atoms with van der Waals surface area (Å²) >= 11 is 1.37. The Hall–Kier alpha value is -2.93. The molecule has 0 spiro atoms. The van der Waals surface area contributed by atoms with Crippen molar-refractivity contribution in [1.82, 2.24) is 0 Å². The molecule has 1 aromatic heterocycles. The summed E-state index contributed by atoms with van der Waals surface area (Å²) in [5, 5.41) is 15.8. The first-order valence-corrected chi connectivity index (χ1v) is 10.9. The maximum Gasteiger partial charge on any atom is 0.307 e. The van der Waals surface area contributed by atoms with Gasteiger partial charge in [-0.05, 0) is 42.4 Å². The van der Waals surface area contributed by atoms with E-state index in [0.717, 1.165) is 4.88 Å². The van der Waals surface area contributed by atoms with Gasteiger partial charge in [0.15, 0.2) is 0 Å². The van der Waals surface area contributed by atoms with Gasteiger partial charge in [0, 0.05) is 10.6 Å². The standard InChI is InChI=1S/C23H24N2O4S/c1-12(2)17-11-16(20(26)24-15-6-4-3-5-7-15)22(30-17)25-21(27)18-13-8-9-14(10-13)19(18)23(28)29/h3-9,11-14,18-19H,10H2,1-2H3,(H,24,26)(H,25,27)(H,28,29)/t13-,14+,18+,19+/m1/s1. The lowest BCUT2D eigenvalue weighted by Gasteiger charge is -2.23. The first-order valence-electron chi connectivity index (χ1n) is 10.1. The molecule has 1 saturated carbocycles. The third kappa shape index (κ3) is 3.77. The number of para-hydroxylation sites is 1. The van der Waals surface area contributed by atoms with Gasteiger partial charge < -0.3 is 15.7 Å². The van der Waals surface area contributed by atoms with Gasteiger partial charge in [0.1, 0.15) is 5.00 Å². The Morgan fingerprint density at radius 3 is 2.33 bits per heavy atom. The number of hydrogen-bond acceptors (Lipinski definition) is 4. The van der Waals surface area contributed by atoms with Gasteiger partial charge in [0.2, 0.25) is 5.91 Å². The van der Waals surface area contributed by atoms with Crippen LogP contribution in [0.4, 0.5) is 10.7 Å². The summed E-state index contributed by atoms with van der Waals surface area (Å²) in [5.41, 5.74) is 1.06. The van der Waals surface area contributed by atoms with Gasteiger partial charge in [-0.2, -0.15) is 0 Å². The molecule has 2 aliphatic rings. The highest BCUT2D eigenvalue weighted by Gasteiger charge is 2.51. The fourth-order valence-electron chi connectivity index (χ4n) is 4.39. The van der Waals surface area contributed by atoms with E-state index >= 15 is 0 Å². The molecule has 1 heterocycles. The Bertz CT molecular complexity index is 1010. The first-order chi connectivity index (χ1) is 14.3. The van der Waals surface area contributed by atoms with Crippen molar-refractivity contribution in [1.29, 1.82) is 0 Å². The molecule has 156 valence electrons. The van der Waals surface area contributed by atoms with E-state index in [1.807, 2.05) is 44.2 Å². The van der Waals surface area contributed by atoms with Gasteiger partial charge >= 0.3 is 5.97 Å². The highest BCUT2D eigenvalue weighted by Crippen LogP contribution is 2.48. The number of aliphatic carboxylic acids is 1. The van der Waals surface area contributed by atoms with Crippen molar-refractivity contribution in [2.75, 3.05) is 10.6 Å². The van der Waals surface area contributed by atoms with Crippen molar-refractivity contribution >= 4 is 39.8 Å². The van der Waals surface area contributed by atoms with Crippen LogP contribution in [-0.4, -0.2) is 22.9 Å². The van der Waals surface area contributed by atoms with Gasteiger partial charge in [-0.25, -0.2) is 0 Å². The lowest BCUT2D eigenvalue weighted by atomic mass is 9.82. The Kier molecular flexibility index (Phi) is 5.47. The molecule has 6 nitrogen and oxygen atoms in total. The lowest BCUT2D eigenvalue weighted by Crippen LogP contribution is -2.36. The zero-order valence-electron chi connectivity index (χ0n) is 16.8. The fourth-order valence-corrected chi connectivity index (χ4v) is 5.45. The van der Waals surface area contributed by atoms with Gasteiger partial charge in [0.25, 0.3) is 5.91 Å². The van der Waals surface area contributed by atoms with E-state index in [0.29, 0.717) is 22.7 Å². The van der Waals surface area contributed by atoms with Crippen molar-refractivity contribution in [3.05, 3.63) is 59.0 Å². The van der Waals surface area contributed by atoms with Gasteiger partial charge in [-0.15, -0.1) is 11.3 Å². The van der Waals surface area contributed by atoms with E-state index in [2.05, 4.69) is 10.6 Å². The normalized spacial score (nSPS) is 24.2. The lowest BCUT2D eigenvalue weighted by molar-refractivity contribution is -0.146. The van der Waals surface area contributed by atoms with E-state index in [1.165, 1.54) is 11.3 Å². The summed E-state index contributed by atoms with van der Waals surface area (Å²) in [7, 11) is 0. The zero-order chi connectivity index (χ0) is 21.4. The van der Waals surface area contributed by atoms with Gasteiger partial charge in [-0.3, -0.25) is 14.4 Å². The number of rotatable bonds is 6. The number of amides is 2. The van der Waals surface area contributed by atoms with Crippen LogP contribution in [0.2, 0.25) is 0 Å². The maximum absolute atomic E-state index is 13.1. The molecular formula is C23H24N2O4S. The van der Waals surface area contributed by atoms with Crippen LogP contribution in [0.15, 0.2) is 48.6 Å². The van der Waals surface area contributed by atoms with E-state index in [-0.39, 0.29) is 29.6 Å². The number of anilines is 2. The Balaban J connectivity index is 1.59. The van der Waals surface area contributed by atoms with Crippen LogP contribution in [0.25, 0.3) is 0 Å². The van der Waals surface area contributed by atoms with E-state index in [1.54, 1.807) is 18.2 Å². The Morgan fingerprint density at radius 2 is 1.70 bits per heavy atom. The molecule has 4 rings (SSSR count). The van der Waals surface area contributed by atoms with E-state index in [4.69, 9.17) is 0 Å². The second-order valence-electron chi connectivity index (χ2n) is 8.19. The number of carboxylic acid groups (broad SMARTS) is 1. The van der Waals surface area contributed by atoms with Crippen LogP contribution in [0.5, 0.6) is 0 Å². The molecule has 0 radical (unpaired) electrons. The second-order valence-corrected chi connectivity index (χ2v) is 9.28. The molecule has 1 aromatic carbocycles. The number of hydrogen-bond donors (Lipinski definition) is 3. The Morgan fingerprint density at radius 1 is 1.03 bits per heavy atom. The smallest absolute Gasteiger partial charge is 0.307 e. The highest BCUT2D eigenvalue weighted by atomic mass is 32.1. The predicted molar refractivity (Wildman–Crippen MR) is 117 cm³/mol. The van der Waals surface area contributed by atoms with Crippen molar-refractivity contribution in [2.24, 2.45) is 23.7 Å². The zero-order valence-corrected chi connectivity index (χ0v) is 17.6. The molecule has 3 N–H and O–H groups in total. The van der Waals surface area contributed by atoms with Crippen LogP contribution in [-0.2, 0) is 9.59 Å². The quantitative estimate of drug-likeness (QED) is 0.591. The number of carbonyl (C=O) groups is 3. The molecule has 2 aliphatic carbocycles. The monoisotopic (exact) mass is 424 g/mol. The maximum atomic E-state index is 13.1. The van der Waals surface area contributed by atoms with Crippen molar-refractivity contribution in [3.63, 3.8) is 0 Å².